The van der Waals surface area contributed by atoms with Gasteiger partial charge in [0, 0.05) is 16.5 Å². The summed E-state index contributed by atoms with van der Waals surface area (Å²) in [5, 5.41) is 3.22. The number of anilines is 1. The molecule has 2 atom stereocenters. The highest BCUT2D eigenvalue weighted by molar-refractivity contribution is 8.01. The van der Waals surface area contributed by atoms with E-state index in [0.29, 0.717) is 24.5 Å². The summed E-state index contributed by atoms with van der Waals surface area (Å²) in [7, 11) is 0. The van der Waals surface area contributed by atoms with E-state index >= 15 is 0 Å². The van der Waals surface area contributed by atoms with Crippen LogP contribution in [-0.4, -0.2) is 23.6 Å². The van der Waals surface area contributed by atoms with Crippen molar-refractivity contribution in [3.05, 3.63) is 94.5 Å². The molecule has 0 aromatic heterocycles. The molecule has 4 rings (SSSR count). The number of fused-ring (bicyclic) bond motifs is 1. The van der Waals surface area contributed by atoms with Crippen LogP contribution >= 0.6 is 23.4 Å². The van der Waals surface area contributed by atoms with Crippen LogP contribution in [0.2, 0.25) is 5.02 Å². The summed E-state index contributed by atoms with van der Waals surface area (Å²) in [5.41, 5.74) is 4.25. The number of nitrogens with zero attached hydrogens (tertiary/aromatic N) is 1. The Morgan fingerprint density at radius 2 is 1.70 bits per heavy atom. The van der Waals surface area contributed by atoms with Gasteiger partial charge in [0.25, 0.3) is 0 Å². The molecule has 0 unspecified atom stereocenters. The molecule has 33 heavy (non-hydrogen) atoms. The molecule has 1 heterocycles. The fourth-order valence-electron chi connectivity index (χ4n) is 3.87. The second-order valence-corrected chi connectivity index (χ2v) is 9.99. The quantitative estimate of drug-likeness (QED) is 0.477. The number of nitrogens with one attached hydrogen (secondary N) is 1. The molecule has 0 saturated heterocycles. The maximum Gasteiger partial charge on any atom is 0.241 e. The molecule has 1 aliphatic heterocycles. The van der Waals surface area contributed by atoms with Gasteiger partial charge >= 0.3 is 0 Å². The molecule has 3 aromatic rings. The average molecular weight is 479 g/mol. The first-order valence-electron chi connectivity index (χ1n) is 11.1. The van der Waals surface area contributed by atoms with E-state index in [9.17, 15) is 9.59 Å². The molecular weight excluding hydrogens is 452 g/mol. The van der Waals surface area contributed by atoms with Crippen LogP contribution in [0.5, 0.6) is 0 Å². The second-order valence-electron chi connectivity index (χ2n) is 8.37. The van der Waals surface area contributed by atoms with Gasteiger partial charge in [-0.1, -0.05) is 72.6 Å². The first-order chi connectivity index (χ1) is 15.9. The molecule has 3 aromatic carbocycles. The fourth-order valence-corrected chi connectivity index (χ4v) is 5.29. The maximum atomic E-state index is 13.5. The number of amides is 2. The van der Waals surface area contributed by atoms with E-state index in [2.05, 4.69) is 29.6 Å². The van der Waals surface area contributed by atoms with E-state index in [-0.39, 0.29) is 11.8 Å². The Kier molecular flexibility index (Phi) is 7.41. The summed E-state index contributed by atoms with van der Waals surface area (Å²) in [6.45, 7) is 4.88. The molecule has 1 aliphatic rings. The lowest BCUT2D eigenvalue weighted by atomic mass is 10.0. The van der Waals surface area contributed by atoms with Crippen LogP contribution in [0.1, 0.15) is 23.6 Å². The molecule has 2 amide bonds. The summed E-state index contributed by atoms with van der Waals surface area (Å²) in [4.78, 5) is 29.3. The minimum absolute atomic E-state index is 0.0281. The van der Waals surface area contributed by atoms with Crippen LogP contribution in [0.3, 0.4) is 0 Å². The van der Waals surface area contributed by atoms with Gasteiger partial charge < -0.3 is 10.2 Å². The van der Waals surface area contributed by atoms with Gasteiger partial charge in [0.05, 0.1) is 18.2 Å². The Morgan fingerprint density at radius 1 is 1.03 bits per heavy atom. The van der Waals surface area contributed by atoms with Crippen molar-refractivity contribution in [3.8, 4) is 0 Å². The van der Waals surface area contributed by atoms with Crippen molar-refractivity contribution in [2.24, 2.45) is 5.92 Å². The van der Waals surface area contributed by atoms with E-state index in [4.69, 9.17) is 11.6 Å². The van der Waals surface area contributed by atoms with Crippen LogP contribution < -0.4 is 10.2 Å². The predicted molar refractivity (Wildman–Crippen MR) is 136 cm³/mol. The molecule has 6 heteroatoms. The molecule has 0 spiro atoms. The van der Waals surface area contributed by atoms with Gasteiger partial charge in [0.15, 0.2) is 0 Å². The van der Waals surface area contributed by atoms with Crippen LogP contribution in [0.15, 0.2) is 77.7 Å². The number of carbonyl (C=O) groups is 2. The number of hydrogen-bond acceptors (Lipinski definition) is 3. The number of hydrogen-bond donors (Lipinski definition) is 1. The highest BCUT2D eigenvalue weighted by Gasteiger charge is 2.39. The third-order valence-corrected chi connectivity index (χ3v) is 7.59. The molecule has 0 bridgehead atoms. The summed E-state index contributed by atoms with van der Waals surface area (Å²) in [6.07, 6.45) is 0.712. The molecule has 4 nitrogen and oxygen atoms in total. The molecule has 0 radical (unpaired) electrons. The van der Waals surface area contributed by atoms with E-state index < -0.39 is 11.2 Å². The van der Waals surface area contributed by atoms with E-state index in [1.807, 2.05) is 67.3 Å². The van der Waals surface area contributed by atoms with Crippen molar-refractivity contribution >= 4 is 40.9 Å². The van der Waals surface area contributed by atoms with Gasteiger partial charge in [-0.2, -0.15) is 0 Å². The minimum atomic E-state index is -0.471. The predicted octanol–water partition coefficient (Wildman–Crippen LogP) is 5.65. The molecule has 0 saturated carbocycles. The minimum Gasteiger partial charge on any atom is -0.355 e. The summed E-state index contributed by atoms with van der Waals surface area (Å²) >= 11 is 7.42. The average Bonchev–Trinajstić information content (AvgIpc) is 2.82. The van der Waals surface area contributed by atoms with Crippen molar-refractivity contribution in [2.45, 2.75) is 37.0 Å². The Bertz CT molecular complexity index is 1130. The smallest absolute Gasteiger partial charge is 0.241 e. The third kappa shape index (κ3) is 5.60. The number of aryl methyl sites for hydroxylation is 1. The number of carbonyl (C=O) groups excluding carboxylic acids is 2. The lowest BCUT2D eigenvalue weighted by molar-refractivity contribution is -0.128. The summed E-state index contributed by atoms with van der Waals surface area (Å²) < 4.78 is 0. The van der Waals surface area contributed by atoms with Gasteiger partial charge in [-0.3, -0.25) is 9.59 Å². The SMILES string of the molecule is Cc1ccc(CN2C(=O)[C@H]([C@@H](C)C(=O)NCCc3ccc(Cl)cc3)Sc3ccccc32)cc1. The molecule has 1 N–H and O–H groups in total. The van der Waals surface area contributed by atoms with Crippen molar-refractivity contribution in [2.75, 3.05) is 11.4 Å². The monoisotopic (exact) mass is 478 g/mol. The Balaban J connectivity index is 1.46. The lowest BCUT2D eigenvalue weighted by Gasteiger charge is -2.35. The van der Waals surface area contributed by atoms with E-state index in [1.165, 1.54) is 17.3 Å². The lowest BCUT2D eigenvalue weighted by Crippen LogP contribution is -2.47. The molecule has 0 fully saturated rings. The highest BCUT2D eigenvalue weighted by atomic mass is 35.5. The zero-order chi connectivity index (χ0) is 23.4. The first-order valence-corrected chi connectivity index (χ1v) is 12.3. The van der Waals surface area contributed by atoms with Gasteiger partial charge in [-0.05, 0) is 48.7 Å². The molecule has 170 valence electrons. The normalized spacial score (nSPS) is 16.3. The number of halogens is 1. The van der Waals surface area contributed by atoms with Crippen molar-refractivity contribution in [3.63, 3.8) is 0 Å². The van der Waals surface area contributed by atoms with Crippen molar-refractivity contribution in [1.82, 2.24) is 5.32 Å². The van der Waals surface area contributed by atoms with Gasteiger partial charge in [0.1, 0.15) is 5.25 Å². The molecular formula is C27H27ClN2O2S. The van der Waals surface area contributed by atoms with Crippen LogP contribution in [0, 0.1) is 12.8 Å². The van der Waals surface area contributed by atoms with Crippen LogP contribution in [0.4, 0.5) is 5.69 Å². The Labute approximate surface area is 204 Å². The Hall–Kier alpha value is -2.76. The zero-order valence-electron chi connectivity index (χ0n) is 18.8. The van der Waals surface area contributed by atoms with Gasteiger partial charge in [0.2, 0.25) is 11.8 Å². The highest BCUT2D eigenvalue weighted by Crippen LogP contribution is 2.42. The number of rotatable bonds is 7. The first kappa shape index (κ1) is 23.4. The number of thioether (sulfide) groups is 1. The summed E-state index contributed by atoms with van der Waals surface area (Å²) in [5.74, 6) is -0.592. The van der Waals surface area contributed by atoms with Crippen molar-refractivity contribution < 1.29 is 9.59 Å². The van der Waals surface area contributed by atoms with Gasteiger partial charge in [-0.15, -0.1) is 11.8 Å². The van der Waals surface area contributed by atoms with Crippen LogP contribution in [0.25, 0.3) is 0 Å². The second kappa shape index (κ2) is 10.4. The van der Waals surface area contributed by atoms with E-state index in [1.54, 1.807) is 0 Å². The third-order valence-electron chi connectivity index (χ3n) is 5.87. The number of benzene rings is 3. The number of para-hydroxylation sites is 1. The fraction of sp³-hybridized carbons (Fsp3) is 0.259. The standard InChI is InChI=1S/C27H27ClN2O2S/c1-18-7-9-21(10-8-18)17-30-23-5-3-4-6-24(23)33-25(27(30)32)19(2)26(31)29-16-15-20-11-13-22(28)14-12-20/h3-14,19,25H,15-17H2,1-2H3,(H,29,31)/t19-,25+/m1/s1. The largest absolute Gasteiger partial charge is 0.355 e. The topological polar surface area (TPSA) is 49.4 Å². The zero-order valence-corrected chi connectivity index (χ0v) is 20.3. The van der Waals surface area contributed by atoms with E-state index in [0.717, 1.165) is 21.7 Å². The molecule has 0 aliphatic carbocycles. The van der Waals surface area contributed by atoms with Crippen molar-refractivity contribution in [1.29, 1.82) is 0 Å². The van der Waals surface area contributed by atoms with Gasteiger partial charge in [-0.25, -0.2) is 0 Å². The Morgan fingerprint density at radius 3 is 2.42 bits per heavy atom. The van der Waals surface area contributed by atoms with Crippen LogP contribution in [-0.2, 0) is 22.6 Å². The maximum absolute atomic E-state index is 13.5. The summed E-state index contributed by atoms with van der Waals surface area (Å²) in [6, 6.07) is 23.7.